The Kier molecular flexibility index (Phi) is 7.32. The van der Waals surface area contributed by atoms with E-state index in [1.807, 2.05) is 0 Å². The van der Waals surface area contributed by atoms with Crippen molar-refractivity contribution in [1.29, 1.82) is 0 Å². The molecular weight excluding hydrogens is 370 g/mol. The summed E-state index contributed by atoms with van der Waals surface area (Å²) in [5, 5.41) is 0. The van der Waals surface area contributed by atoms with Crippen molar-refractivity contribution in [3.8, 4) is 11.5 Å². The summed E-state index contributed by atoms with van der Waals surface area (Å²) in [5.41, 5.74) is 0.443. The van der Waals surface area contributed by atoms with E-state index in [0.29, 0.717) is 30.3 Å². The van der Waals surface area contributed by atoms with E-state index < -0.39 is 10.0 Å². The van der Waals surface area contributed by atoms with E-state index in [1.54, 1.807) is 23.1 Å². The second kappa shape index (κ2) is 9.27. The van der Waals surface area contributed by atoms with Crippen molar-refractivity contribution in [2.45, 2.75) is 13.3 Å². The van der Waals surface area contributed by atoms with Crippen molar-refractivity contribution in [2.75, 3.05) is 64.0 Å². The summed E-state index contributed by atoms with van der Waals surface area (Å²) in [6.45, 7) is 6.24. The number of methoxy groups -OCH3 is 2. The van der Waals surface area contributed by atoms with Crippen LogP contribution in [0.5, 0.6) is 11.5 Å². The predicted molar refractivity (Wildman–Crippen MR) is 105 cm³/mol. The Morgan fingerprint density at radius 2 is 1.74 bits per heavy atom. The monoisotopic (exact) mass is 399 g/mol. The smallest absolute Gasteiger partial charge is 0.232 e. The first-order valence-electron chi connectivity index (χ1n) is 9.00. The summed E-state index contributed by atoms with van der Waals surface area (Å²) in [6.07, 6.45) is 1.27. The SMILES string of the molecule is CCN1CCN(C(=O)CCN(c2ccc(OC)c(OC)c2)S(C)(=O)=O)CC1. The number of nitrogens with zero attached hydrogens (tertiary/aromatic N) is 3. The van der Waals surface area contributed by atoms with Gasteiger partial charge in [-0.05, 0) is 18.7 Å². The van der Waals surface area contributed by atoms with Crippen LogP contribution in [0.2, 0.25) is 0 Å². The molecule has 2 rings (SSSR count). The molecule has 0 atom stereocenters. The van der Waals surface area contributed by atoms with Crippen molar-refractivity contribution >= 4 is 21.6 Å². The van der Waals surface area contributed by atoms with Crippen LogP contribution in [-0.2, 0) is 14.8 Å². The van der Waals surface area contributed by atoms with Crippen LogP contribution >= 0.6 is 0 Å². The van der Waals surface area contributed by atoms with Gasteiger partial charge in [0.25, 0.3) is 0 Å². The lowest BCUT2D eigenvalue weighted by atomic mass is 10.2. The van der Waals surface area contributed by atoms with Gasteiger partial charge in [-0.2, -0.15) is 0 Å². The highest BCUT2D eigenvalue weighted by Gasteiger charge is 2.24. The Morgan fingerprint density at radius 1 is 1.11 bits per heavy atom. The van der Waals surface area contributed by atoms with Crippen LogP contribution in [-0.4, -0.2) is 83.9 Å². The zero-order chi connectivity index (χ0) is 20.0. The van der Waals surface area contributed by atoms with Crippen LogP contribution in [0, 0.1) is 0 Å². The number of piperazine rings is 1. The zero-order valence-corrected chi connectivity index (χ0v) is 17.3. The molecule has 0 bridgehead atoms. The summed E-state index contributed by atoms with van der Waals surface area (Å²) in [6, 6.07) is 4.90. The summed E-state index contributed by atoms with van der Waals surface area (Å²) in [4.78, 5) is 16.6. The van der Waals surface area contributed by atoms with Gasteiger partial charge in [0, 0.05) is 45.2 Å². The fourth-order valence-corrected chi connectivity index (χ4v) is 4.05. The zero-order valence-electron chi connectivity index (χ0n) is 16.5. The predicted octanol–water partition coefficient (Wildman–Crippen LogP) is 1.02. The summed E-state index contributed by atoms with van der Waals surface area (Å²) >= 11 is 0. The molecular formula is C18H29N3O5S. The van der Waals surface area contributed by atoms with Crippen LogP contribution in [0.3, 0.4) is 0 Å². The van der Waals surface area contributed by atoms with Crippen LogP contribution in [0.1, 0.15) is 13.3 Å². The number of carbonyl (C=O) groups is 1. The third-order valence-electron chi connectivity index (χ3n) is 4.76. The number of hydrogen-bond acceptors (Lipinski definition) is 6. The Labute approximate surface area is 161 Å². The van der Waals surface area contributed by atoms with E-state index in [9.17, 15) is 13.2 Å². The van der Waals surface area contributed by atoms with Gasteiger partial charge in [-0.15, -0.1) is 0 Å². The molecule has 27 heavy (non-hydrogen) atoms. The van der Waals surface area contributed by atoms with Gasteiger partial charge in [0.05, 0.1) is 26.2 Å². The van der Waals surface area contributed by atoms with Crippen LogP contribution in [0.15, 0.2) is 18.2 Å². The lowest BCUT2D eigenvalue weighted by Gasteiger charge is -2.34. The molecule has 1 saturated heterocycles. The Bertz CT molecular complexity index is 745. The van der Waals surface area contributed by atoms with Crippen molar-refractivity contribution in [1.82, 2.24) is 9.80 Å². The molecule has 8 nitrogen and oxygen atoms in total. The molecule has 0 spiro atoms. The van der Waals surface area contributed by atoms with Gasteiger partial charge in [-0.1, -0.05) is 6.92 Å². The van der Waals surface area contributed by atoms with Gasteiger partial charge >= 0.3 is 0 Å². The quantitative estimate of drug-likeness (QED) is 0.650. The number of likely N-dealkylation sites (N-methyl/N-ethyl adjacent to an activating group) is 1. The molecule has 1 aromatic carbocycles. The molecule has 1 aliphatic rings. The van der Waals surface area contributed by atoms with E-state index in [-0.39, 0.29) is 18.9 Å². The lowest BCUT2D eigenvalue weighted by molar-refractivity contribution is -0.132. The number of sulfonamides is 1. The number of benzene rings is 1. The maximum atomic E-state index is 12.5. The van der Waals surface area contributed by atoms with Crippen molar-refractivity contribution < 1.29 is 22.7 Å². The van der Waals surface area contributed by atoms with E-state index in [0.717, 1.165) is 25.9 Å². The Morgan fingerprint density at radius 3 is 2.26 bits per heavy atom. The summed E-state index contributed by atoms with van der Waals surface area (Å²) in [5.74, 6) is 0.921. The molecule has 0 unspecified atom stereocenters. The van der Waals surface area contributed by atoms with Crippen LogP contribution in [0.25, 0.3) is 0 Å². The molecule has 0 N–H and O–H groups in total. The van der Waals surface area contributed by atoms with Crippen LogP contribution in [0.4, 0.5) is 5.69 Å². The van der Waals surface area contributed by atoms with E-state index in [4.69, 9.17) is 9.47 Å². The topological polar surface area (TPSA) is 79.4 Å². The average molecular weight is 400 g/mol. The molecule has 0 aromatic heterocycles. The highest BCUT2D eigenvalue weighted by atomic mass is 32.2. The molecule has 0 radical (unpaired) electrons. The molecule has 0 saturated carbocycles. The molecule has 1 aromatic rings. The maximum Gasteiger partial charge on any atom is 0.232 e. The minimum Gasteiger partial charge on any atom is -0.493 e. The second-order valence-corrected chi connectivity index (χ2v) is 8.35. The van der Waals surface area contributed by atoms with Gasteiger partial charge < -0.3 is 19.3 Å². The highest BCUT2D eigenvalue weighted by molar-refractivity contribution is 7.92. The standard InChI is InChI=1S/C18H29N3O5S/c1-5-19-10-12-20(13-11-19)18(22)8-9-21(27(4,23)24)15-6-7-16(25-2)17(14-15)26-3/h6-7,14H,5,8-13H2,1-4H3. The molecule has 1 aliphatic heterocycles. The number of hydrogen-bond donors (Lipinski definition) is 0. The number of anilines is 1. The first-order chi connectivity index (χ1) is 12.8. The summed E-state index contributed by atoms with van der Waals surface area (Å²) < 4.78 is 36.2. The fourth-order valence-electron chi connectivity index (χ4n) is 3.14. The van der Waals surface area contributed by atoms with Gasteiger partial charge in [-0.25, -0.2) is 8.42 Å². The number of carbonyl (C=O) groups excluding carboxylic acids is 1. The van der Waals surface area contributed by atoms with Gasteiger partial charge in [0.2, 0.25) is 15.9 Å². The first kappa shape index (κ1) is 21.3. The number of amides is 1. The van der Waals surface area contributed by atoms with E-state index in [2.05, 4.69) is 11.8 Å². The van der Waals surface area contributed by atoms with Gasteiger partial charge in [0.1, 0.15) is 0 Å². The minimum atomic E-state index is -3.54. The third-order valence-corrected chi connectivity index (χ3v) is 5.95. The molecule has 0 aliphatic carbocycles. The Balaban J connectivity index is 2.09. The molecule has 9 heteroatoms. The van der Waals surface area contributed by atoms with Crippen molar-refractivity contribution in [3.63, 3.8) is 0 Å². The Hall–Kier alpha value is -2.00. The van der Waals surface area contributed by atoms with Crippen molar-refractivity contribution in [2.24, 2.45) is 0 Å². The number of ether oxygens (including phenoxy) is 2. The van der Waals surface area contributed by atoms with E-state index in [1.165, 1.54) is 18.5 Å². The highest BCUT2D eigenvalue weighted by Crippen LogP contribution is 2.32. The van der Waals surface area contributed by atoms with Gasteiger partial charge in [-0.3, -0.25) is 9.10 Å². The minimum absolute atomic E-state index is 0.0279. The van der Waals surface area contributed by atoms with E-state index >= 15 is 0 Å². The third kappa shape index (κ3) is 5.49. The fraction of sp³-hybridized carbons (Fsp3) is 0.611. The van der Waals surface area contributed by atoms with Crippen LogP contribution < -0.4 is 13.8 Å². The normalized spacial score (nSPS) is 15.5. The summed E-state index contributed by atoms with van der Waals surface area (Å²) in [7, 11) is -0.535. The van der Waals surface area contributed by atoms with Crippen molar-refractivity contribution in [3.05, 3.63) is 18.2 Å². The lowest BCUT2D eigenvalue weighted by Crippen LogP contribution is -2.49. The number of rotatable bonds is 8. The second-order valence-electron chi connectivity index (χ2n) is 6.44. The molecule has 152 valence electrons. The largest absolute Gasteiger partial charge is 0.493 e. The molecule has 1 heterocycles. The molecule has 1 amide bonds. The first-order valence-corrected chi connectivity index (χ1v) is 10.8. The molecule has 1 fully saturated rings. The maximum absolute atomic E-state index is 12.5. The average Bonchev–Trinajstić information content (AvgIpc) is 2.66. The van der Waals surface area contributed by atoms with Gasteiger partial charge in [0.15, 0.2) is 11.5 Å².